The predicted molar refractivity (Wildman–Crippen MR) is 70.2 cm³/mol. The van der Waals surface area contributed by atoms with Crippen LogP contribution in [0.15, 0.2) is 17.1 Å². The maximum absolute atomic E-state index is 4.65. The highest BCUT2D eigenvalue weighted by atomic mass is 32.1. The fourth-order valence-electron chi connectivity index (χ4n) is 1.41. The highest BCUT2D eigenvalue weighted by Gasteiger charge is 2.11. The molecule has 0 aliphatic heterocycles. The second-order valence-corrected chi connectivity index (χ2v) is 5.40. The lowest BCUT2D eigenvalue weighted by molar-refractivity contribution is 0.626. The fraction of sp³-hybridized carbons (Fsp3) is 0.455. The Morgan fingerprint density at radius 3 is 3.00 bits per heavy atom. The van der Waals surface area contributed by atoms with E-state index in [4.69, 9.17) is 0 Å². The summed E-state index contributed by atoms with van der Waals surface area (Å²) in [5.41, 5.74) is 3.02. The van der Waals surface area contributed by atoms with Crippen molar-refractivity contribution in [1.29, 1.82) is 0 Å². The fourth-order valence-corrected chi connectivity index (χ4v) is 3.05. The van der Waals surface area contributed by atoms with Crippen molar-refractivity contribution in [2.45, 2.75) is 19.8 Å². The smallest absolute Gasteiger partial charge is 0.135 e. The molecule has 2 aromatic heterocycles. The van der Waals surface area contributed by atoms with E-state index >= 15 is 0 Å². The molecule has 0 bridgehead atoms. The monoisotopic (exact) mass is 253 g/mol. The van der Waals surface area contributed by atoms with Gasteiger partial charge in [0.1, 0.15) is 5.01 Å². The Morgan fingerprint density at radius 1 is 1.44 bits per heavy atom. The molecule has 16 heavy (non-hydrogen) atoms. The number of nitrogens with zero attached hydrogens (tertiary/aromatic N) is 2. The van der Waals surface area contributed by atoms with Crippen LogP contribution in [0.5, 0.6) is 0 Å². The van der Waals surface area contributed by atoms with Gasteiger partial charge in [-0.15, -0.1) is 22.7 Å². The Labute approximate surface area is 104 Å². The van der Waals surface area contributed by atoms with Crippen LogP contribution < -0.4 is 5.32 Å². The normalized spacial score (nSPS) is 12.9. The molecule has 0 spiro atoms. The first kappa shape index (κ1) is 11.7. The maximum Gasteiger partial charge on any atom is 0.135 e. The third-order valence-electron chi connectivity index (χ3n) is 2.37. The third kappa shape index (κ3) is 2.66. The molecule has 5 heteroatoms. The van der Waals surface area contributed by atoms with Gasteiger partial charge in [-0.25, -0.2) is 4.98 Å². The Hall–Kier alpha value is -0.780. The van der Waals surface area contributed by atoms with E-state index in [0.717, 1.165) is 23.0 Å². The molecular formula is C11H15N3S2. The van der Waals surface area contributed by atoms with E-state index in [-0.39, 0.29) is 0 Å². The predicted octanol–water partition coefficient (Wildman–Crippen LogP) is 2.98. The minimum Gasteiger partial charge on any atom is -0.316 e. The molecule has 2 heterocycles. The summed E-state index contributed by atoms with van der Waals surface area (Å²) >= 11 is 3.34. The molecule has 2 aromatic rings. The van der Waals surface area contributed by atoms with Crippen LogP contribution >= 0.6 is 22.7 Å². The summed E-state index contributed by atoms with van der Waals surface area (Å²) in [6, 6.07) is 0. The Bertz CT molecular complexity index is 422. The van der Waals surface area contributed by atoms with Crippen molar-refractivity contribution in [3.63, 3.8) is 0 Å². The van der Waals surface area contributed by atoms with Gasteiger partial charge in [-0.3, -0.25) is 4.98 Å². The number of likely N-dealkylation sites (N-methyl/N-ethyl adjacent to an activating group) is 1. The molecule has 0 radical (unpaired) electrons. The van der Waals surface area contributed by atoms with Gasteiger partial charge in [0.25, 0.3) is 0 Å². The van der Waals surface area contributed by atoms with E-state index < -0.39 is 0 Å². The molecule has 2 rings (SSSR count). The van der Waals surface area contributed by atoms with Gasteiger partial charge in [-0.1, -0.05) is 13.8 Å². The van der Waals surface area contributed by atoms with Crippen LogP contribution in [0.1, 0.15) is 25.5 Å². The van der Waals surface area contributed by atoms with Crippen LogP contribution in [-0.4, -0.2) is 23.1 Å². The minimum absolute atomic E-state index is 0.470. The van der Waals surface area contributed by atoms with Crippen molar-refractivity contribution in [2.75, 3.05) is 13.1 Å². The topological polar surface area (TPSA) is 37.8 Å². The molecule has 0 aliphatic carbocycles. The minimum atomic E-state index is 0.470. The zero-order valence-electron chi connectivity index (χ0n) is 9.43. The molecule has 0 aliphatic rings. The number of thiazole rings is 2. The number of aromatic nitrogens is 2. The van der Waals surface area contributed by atoms with E-state index in [2.05, 4.69) is 34.5 Å². The average Bonchev–Trinajstić information content (AvgIpc) is 2.94. The summed E-state index contributed by atoms with van der Waals surface area (Å²) in [6.45, 7) is 6.32. The summed E-state index contributed by atoms with van der Waals surface area (Å²) in [5, 5.41) is 6.58. The molecule has 1 N–H and O–H groups in total. The zero-order chi connectivity index (χ0) is 11.4. The lowest BCUT2D eigenvalue weighted by Gasteiger charge is -2.07. The van der Waals surface area contributed by atoms with E-state index in [9.17, 15) is 0 Å². The molecule has 0 aromatic carbocycles. The molecule has 0 saturated carbocycles. The Kier molecular flexibility index (Phi) is 4.04. The number of hydrogen-bond donors (Lipinski definition) is 1. The number of rotatable bonds is 5. The van der Waals surface area contributed by atoms with Gasteiger partial charge in [-0.05, 0) is 6.54 Å². The van der Waals surface area contributed by atoms with Gasteiger partial charge in [-0.2, -0.15) is 0 Å². The summed E-state index contributed by atoms with van der Waals surface area (Å²) in [6.07, 6.45) is 1.88. The van der Waals surface area contributed by atoms with E-state index in [1.807, 2.05) is 11.7 Å². The molecule has 1 unspecified atom stereocenters. The standard InChI is InChI=1S/C11H15N3S2/c1-3-12-4-8(2)9-6-15-11(14-9)10-5-13-7-16-10/h5-8,12H,3-4H2,1-2H3. The van der Waals surface area contributed by atoms with Gasteiger partial charge in [0, 0.05) is 24.0 Å². The van der Waals surface area contributed by atoms with Crippen molar-refractivity contribution in [1.82, 2.24) is 15.3 Å². The van der Waals surface area contributed by atoms with Crippen LogP contribution in [-0.2, 0) is 0 Å². The van der Waals surface area contributed by atoms with Gasteiger partial charge < -0.3 is 5.32 Å². The second kappa shape index (κ2) is 5.52. The Morgan fingerprint density at radius 2 is 2.31 bits per heavy atom. The van der Waals surface area contributed by atoms with Crippen molar-refractivity contribution in [3.8, 4) is 9.88 Å². The zero-order valence-corrected chi connectivity index (χ0v) is 11.1. The van der Waals surface area contributed by atoms with Crippen molar-refractivity contribution < 1.29 is 0 Å². The third-order valence-corrected chi connectivity index (χ3v) is 4.17. The highest BCUT2D eigenvalue weighted by molar-refractivity contribution is 7.19. The molecule has 1 atom stereocenters. The average molecular weight is 253 g/mol. The van der Waals surface area contributed by atoms with Gasteiger partial charge in [0.05, 0.1) is 16.1 Å². The van der Waals surface area contributed by atoms with Crippen LogP contribution in [0.2, 0.25) is 0 Å². The first-order valence-corrected chi connectivity index (χ1v) is 7.12. The summed E-state index contributed by atoms with van der Waals surface area (Å²) < 4.78 is 0. The molecule has 3 nitrogen and oxygen atoms in total. The maximum atomic E-state index is 4.65. The Balaban J connectivity index is 2.07. The van der Waals surface area contributed by atoms with Gasteiger partial charge in [0.15, 0.2) is 0 Å². The summed E-state index contributed by atoms with van der Waals surface area (Å²) in [7, 11) is 0. The largest absolute Gasteiger partial charge is 0.316 e. The quantitative estimate of drug-likeness (QED) is 0.890. The van der Waals surface area contributed by atoms with E-state index in [1.54, 1.807) is 22.7 Å². The second-order valence-electron chi connectivity index (χ2n) is 3.65. The molecule has 0 fully saturated rings. The number of hydrogen-bond acceptors (Lipinski definition) is 5. The van der Waals surface area contributed by atoms with Crippen LogP contribution in [0, 0.1) is 0 Å². The molecule has 86 valence electrons. The van der Waals surface area contributed by atoms with Gasteiger partial charge in [0.2, 0.25) is 0 Å². The van der Waals surface area contributed by atoms with Crippen LogP contribution in [0.3, 0.4) is 0 Å². The molecule has 0 amide bonds. The SMILES string of the molecule is CCNCC(C)c1csc(-c2cncs2)n1. The van der Waals surface area contributed by atoms with Crippen molar-refractivity contribution >= 4 is 22.7 Å². The van der Waals surface area contributed by atoms with Crippen LogP contribution in [0.4, 0.5) is 0 Å². The van der Waals surface area contributed by atoms with E-state index in [1.165, 1.54) is 5.69 Å². The molecule has 0 saturated heterocycles. The lowest BCUT2D eigenvalue weighted by Crippen LogP contribution is -2.19. The number of nitrogens with one attached hydrogen (secondary N) is 1. The summed E-state index contributed by atoms with van der Waals surface area (Å²) in [4.78, 5) is 9.89. The highest BCUT2D eigenvalue weighted by Crippen LogP contribution is 2.28. The lowest BCUT2D eigenvalue weighted by atomic mass is 10.1. The van der Waals surface area contributed by atoms with Gasteiger partial charge >= 0.3 is 0 Å². The van der Waals surface area contributed by atoms with E-state index in [0.29, 0.717) is 5.92 Å². The molecular weight excluding hydrogens is 238 g/mol. The van der Waals surface area contributed by atoms with Crippen LogP contribution in [0.25, 0.3) is 9.88 Å². The first-order chi connectivity index (χ1) is 7.81. The summed E-state index contributed by atoms with van der Waals surface area (Å²) in [5.74, 6) is 0.470. The first-order valence-electron chi connectivity index (χ1n) is 5.36. The van der Waals surface area contributed by atoms with Crippen molar-refractivity contribution in [2.24, 2.45) is 0 Å². The van der Waals surface area contributed by atoms with Crippen molar-refractivity contribution in [3.05, 3.63) is 22.8 Å².